The number of halogens is 3. The molecule has 0 amide bonds. The summed E-state index contributed by atoms with van der Waals surface area (Å²) in [5.74, 6) is -3.49. The molecule has 0 aromatic heterocycles. The first-order valence-electron chi connectivity index (χ1n) is 4.89. The fraction of sp³-hybridized carbons (Fsp3) is 0. The molecule has 0 bridgehead atoms. The molecule has 0 saturated heterocycles. The Labute approximate surface area is 99.6 Å². The lowest BCUT2D eigenvalue weighted by Gasteiger charge is -2.05. The average molecular weight is 253 g/mol. The van der Waals surface area contributed by atoms with E-state index in [9.17, 15) is 23.3 Å². The summed E-state index contributed by atoms with van der Waals surface area (Å²) >= 11 is 0. The van der Waals surface area contributed by atoms with E-state index in [1.165, 1.54) is 18.2 Å². The highest BCUT2D eigenvalue weighted by Crippen LogP contribution is 2.34. The molecule has 3 nitrogen and oxygen atoms in total. The van der Waals surface area contributed by atoms with E-state index >= 15 is 0 Å². The molecule has 0 atom stereocenters. The maximum absolute atomic E-state index is 13.5. The van der Waals surface area contributed by atoms with Gasteiger partial charge in [-0.1, -0.05) is 18.2 Å². The summed E-state index contributed by atoms with van der Waals surface area (Å²) in [6, 6.07) is 6.48. The van der Waals surface area contributed by atoms with Crippen molar-refractivity contribution in [3.05, 3.63) is 64.0 Å². The summed E-state index contributed by atoms with van der Waals surface area (Å²) in [5.41, 5.74) is -1.51. The molecule has 2 aromatic carbocycles. The molecule has 0 aliphatic carbocycles. The van der Waals surface area contributed by atoms with Crippen LogP contribution in [0.2, 0.25) is 0 Å². The van der Waals surface area contributed by atoms with E-state index in [-0.39, 0.29) is 11.1 Å². The Hall–Kier alpha value is -2.37. The standard InChI is InChI=1S/C12H6F3NO2/c13-9-5-1-3-7(11(9)15)8-4-2-6-10(14)12(8)16(17)18/h1-6H. The van der Waals surface area contributed by atoms with Gasteiger partial charge in [0.05, 0.1) is 10.5 Å². The van der Waals surface area contributed by atoms with E-state index in [2.05, 4.69) is 0 Å². The van der Waals surface area contributed by atoms with Crippen LogP contribution >= 0.6 is 0 Å². The summed E-state index contributed by atoms with van der Waals surface area (Å²) in [5, 5.41) is 10.8. The number of hydrogen-bond donors (Lipinski definition) is 0. The first-order chi connectivity index (χ1) is 8.52. The third kappa shape index (κ3) is 1.92. The molecule has 18 heavy (non-hydrogen) atoms. The van der Waals surface area contributed by atoms with Crippen molar-refractivity contribution in [1.82, 2.24) is 0 Å². The van der Waals surface area contributed by atoms with Gasteiger partial charge in [-0.25, -0.2) is 8.78 Å². The fourth-order valence-corrected chi connectivity index (χ4v) is 1.63. The van der Waals surface area contributed by atoms with Crippen molar-refractivity contribution in [3.63, 3.8) is 0 Å². The predicted molar refractivity (Wildman–Crippen MR) is 58.4 cm³/mol. The lowest BCUT2D eigenvalue weighted by Crippen LogP contribution is -1.98. The molecule has 92 valence electrons. The third-order valence-electron chi connectivity index (χ3n) is 2.41. The lowest BCUT2D eigenvalue weighted by molar-refractivity contribution is -0.386. The van der Waals surface area contributed by atoms with E-state index in [0.717, 1.165) is 18.2 Å². The van der Waals surface area contributed by atoms with E-state index in [0.29, 0.717) is 0 Å². The highest BCUT2D eigenvalue weighted by molar-refractivity contribution is 5.74. The molecule has 0 N–H and O–H groups in total. The molecular weight excluding hydrogens is 247 g/mol. The smallest absolute Gasteiger partial charge is 0.258 e. The Kier molecular flexibility index (Phi) is 3.01. The Bertz CT molecular complexity index is 629. The third-order valence-corrected chi connectivity index (χ3v) is 2.41. The van der Waals surface area contributed by atoms with Crippen LogP contribution in [-0.2, 0) is 0 Å². The molecule has 0 spiro atoms. The zero-order valence-electron chi connectivity index (χ0n) is 8.86. The molecule has 2 aromatic rings. The minimum atomic E-state index is -1.24. The second kappa shape index (κ2) is 4.48. The summed E-state index contributed by atoms with van der Waals surface area (Å²) < 4.78 is 40.0. The molecule has 0 saturated carbocycles. The van der Waals surface area contributed by atoms with Crippen LogP contribution in [-0.4, -0.2) is 4.92 Å². The van der Waals surface area contributed by atoms with Crippen LogP contribution in [0.15, 0.2) is 36.4 Å². The number of para-hydroxylation sites is 1. The molecule has 0 radical (unpaired) electrons. The van der Waals surface area contributed by atoms with Gasteiger partial charge in [-0.15, -0.1) is 0 Å². The van der Waals surface area contributed by atoms with Crippen molar-refractivity contribution < 1.29 is 18.1 Å². The van der Waals surface area contributed by atoms with E-state index in [1.54, 1.807) is 0 Å². The Balaban J connectivity index is 2.75. The first kappa shape index (κ1) is 12.1. The van der Waals surface area contributed by atoms with E-state index in [1.807, 2.05) is 0 Å². The number of hydrogen-bond acceptors (Lipinski definition) is 2. The van der Waals surface area contributed by atoms with Crippen LogP contribution in [0, 0.1) is 27.6 Å². The van der Waals surface area contributed by atoms with Gasteiger partial charge in [0.1, 0.15) is 0 Å². The van der Waals surface area contributed by atoms with Crippen LogP contribution in [0.5, 0.6) is 0 Å². The topological polar surface area (TPSA) is 43.1 Å². The number of nitro groups is 1. The summed E-state index contributed by atoms with van der Waals surface area (Å²) in [4.78, 5) is 9.80. The van der Waals surface area contributed by atoms with Crippen LogP contribution in [0.25, 0.3) is 11.1 Å². The van der Waals surface area contributed by atoms with Gasteiger partial charge in [0, 0.05) is 5.56 Å². The Morgan fingerprint density at radius 2 is 1.44 bits per heavy atom. The van der Waals surface area contributed by atoms with Gasteiger partial charge >= 0.3 is 5.69 Å². The Morgan fingerprint density at radius 3 is 2.06 bits per heavy atom. The van der Waals surface area contributed by atoms with Gasteiger partial charge in [-0.2, -0.15) is 4.39 Å². The van der Waals surface area contributed by atoms with Gasteiger partial charge in [0.25, 0.3) is 0 Å². The normalized spacial score (nSPS) is 10.4. The summed E-state index contributed by atoms with van der Waals surface area (Å²) in [6.07, 6.45) is 0. The minimum Gasteiger partial charge on any atom is -0.258 e. The average Bonchev–Trinajstić information content (AvgIpc) is 2.32. The minimum absolute atomic E-state index is 0.294. The van der Waals surface area contributed by atoms with Crippen molar-refractivity contribution in [2.75, 3.05) is 0 Å². The van der Waals surface area contributed by atoms with Crippen LogP contribution in [0.1, 0.15) is 0 Å². The molecule has 2 rings (SSSR count). The van der Waals surface area contributed by atoms with Gasteiger partial charge in [0.2, 0.25) is 5.82 Å². The summed E-state index contributed by atoms with van der Waals surface area (Å²) in [6.45, 7) is 0. The largest absolute Gasteiger partial charge is 0.312 e. The highest BCUT2D eigenvalue weighted by atomic mass is 19.2. The van der Waals surface area contributed by atoms with Crippen molar-refractivity contribution in [2.45, 2.75) is 0 Å². The molecular formula is C12H6F3NO2. The van der Waals surface area contributed by atoms with Crippen LogP contribution in [0.3, 0.4) is 0 Å². The molecule has 0 heterocycles. The number of rotatable bonds is 2. The van der Waals surface area contributed by atoms with Gasteiger partial charge in [0.15, 0.2) is 11.6 Å². The van der Waals surface area contributed by atoms with Gasteiger partial charge in [-0.3, -0.25) is 10.1 Å². The highest BCUT2D eigenvalue weighted by Gasteiger charge is 2.23. The second-order valence-corrected chi connectivity index (χ2v) is 3.49. The predicted octanol–water partition coefficient (Wildman–Crippen LogP) is 3.68. The zero-order chi connectivity index (χ0) is 13.3. The first-order valence-corrected chi connectivity index (χ1v) is 4.89. The second-order valence-electron chi connectivity index (χ2n) is 3.49. The van der Waals surface area contributed by atoms with Crippen molar-refractivity contribution in [2.24, 2.45) is 0 Å². The van der Waals surface area contributed by atoms with Crippen molar-refractivity contribution in [3.8, 4) is 11.1 Å². The van der Waals surface area contributed by atoms with E-state index < -0.39 is 28.1 Å². The van der Waals surface area contributed by atoms with Crippen LogP contribution in [0.4, 0.5) is 18.9 Å². The zero-order valence-corrected chi connectivity index (χ0v) is 8.86. The molecule has 0 unspecified atom stereocenters. The molecule has 0 aliphatic heterocycles. The molecule has 6 heteroatoms. The van der Waals surface area contributed by atoms with Gasteiger partial charge < -0.3 is 0 Å². The molecule has 0 fully saturated rings. The van der Waals surface area contributed by atoms with Crippen molar-refractivity contribution >= 4 is 5.69 Å². The lowest BCUT2D eigenvalue weighted by atomic mass is 10.0. The SMILES string of the molecule is O=[N+]([O-])c1c(F)cccc1-c1cccc(F)c1F. The molecule has 0 aliphatic rings. The monoisotopic (exact) mass is 253 g/mol. The maximum Gasteiger partial charge on any atom is 0.312 e. The maximum atomic E-state index is 13.5. The number of benzene rings is 2. The number of nitrogens with zero attached hydrogens (tertiary/aromatic N) is 1. The van der Waals surface area contributed by atoms with E-state index in [4.69, 9.17) is 0 Å². The fourth-order valence-electron chi connectivity index (χ4n) is 1.63. The van der Waals surface area contributed by atoms with Gasteiger partial charge in [-0.05, 0) is 18.2 Å². The van der Waals surface area contributed by atoms with Crippen molar-refractivity contribution in [1.29, 1.82) is 0 Å². The number of nitro benzene ring substituents is 1. The van der Waals surface area contributed by atoms with Crippen LogP contribution < -0.4 is 0 Å². The quantitative estimate of drug-likeness (QED) is 0.605. The summed E-state index contributed by atoms with van der Waals surface area (Å²) in [7, 11) is 0. The Morgan fingerprint density at radius 1 is 0.889 bits per heavy atom.